The largest absolute Gasteiger partial charge is 0.489 e. The number of carbonyl (C=O) groups excluding carboxylic acids is 2. The SMILES string of the molecule is CCCCCc1ccc(C(=O)N(Cc2cccc(OCc3ccccc3)c2)C2CCCCNC2=O)cc1. The van der Waals surface area contributed by atoms with Crippen molar-refractivity contribution in [3.63, 3.8) is 0 Å². The highest BCUT2D eigenvalue weighted by Crippen LogP contribution is 2.22. The molecule has 1 heterocycles. The monoisotopic (exact) mass is 498 g/mol. The van der Waals surface area contributed by atoms with Crippen molar-refractivity contribution in [2.45, 2.75) is 71.1 Å². The third kappa shape index (κ3) is 7.69. The van der Waals surface area contributed by atoms with Crippen molar-refractivity contribution in [1.29, 1.82) is 0 Å². The second-order valence-electron chi connectivity index (χ2n) is 9.81. The van der Waals surface area contributed by atoms with E-state index in [1.165, 1.54) is 18.4 Å². The lowest BCUT2D eigenvalue weighted by Crippen LogP contribution is -2.48. The smallest absolute Gasteiger partial charge is 0.254 e. The quantitative estimate of drug-likeness (QED) is 0.315. The highest BCUT2D eigenvalue weighted by Gasteiger charge is 2.31. The number of nitrogens with zero attached hydrogens (tertiary/aromatic N) is 1. The lowest BCUT2D eigenvalue weighted by Gasteiger charge is -2.30. The van der Waals surface area contributed by atoms with E-state index in [1.54, 1.807) is 4.90 Å². The Labute approximate surface area is 220 Å². The Bertz CT molecular complexity index is 1140. The Morgan fingerprint density at radius 2 is 1.70 bits per heavy atom. The van der Waals surface area contributed by atoms with Gasteiger partial charge in [-0.05, 0) is 73.1 Å². The van der Waals surface area contributed by atoms with E-state index in [4.69, 9.17) is 4.74 Å². The number of nitrogens with one attached hydrogen (secondary N) is 1. The molecular formula is C32H38N2O3. The van der Waals surface area contributed by atoms with Gasteiger partial charge in [-0.3, -0.25) is 9.59 Å². The molecule has 2 amide bonds. The molecule has 5 heteroatoms. The molecule has 3 aromatic carbocycles. The highest BCUT2D eigenvalue weighted by molar-refractivity contribution is 5.97. The third-order valence-corrected chi connectivity index (χ3v) is 6.91. The molecular weight excluding hydrogens is 460 g/mol. The van der Waals surface area contributed by atoms with E-state index < -0.39 is 6.04 Å². The van der Waals surface area contributed by atoms with Gasteiger partial charge < -0.3 is 15.0 Å². The maximum Gasteiger partial charge on any atom is 0.254 e. The van der Waals surface area contributed by atoms with Crippen LogP contribution in [-0.2, 0) is 24.4 Å². The van der Waals surface area contributed by atoms with Gasteiger partial charge in [-0.15, -0.1) is 0 Å². The van der Waals surface area contributed by atoms with Gasteiger partial charge in [0.05, 0.1) is 0 Å². The number of aryl methyl sites for hydroxylation is 1. The van der Waals surface area contributed by atoms with Gasteiger partial charge in [0, 0.05) is 18.7 Å². The Hall–Kier alpha value is -3.60. The average Bonchev–Trinajstić information content (AvgIpc) is 3.15. The standard InChI is InChI=1S/C32H38N2O3/c1-2-3-5-11-25-17-19-28(20-18-25)32(36)34(30-16-8-9-21-33-31(30)35)23-27-14-10-15-29(22-27)37-24-26-12-6-4-7-13-26/h4,6-7,10,12-15,17-20,22,30H,2-3,5,8-9,11,16,21,23-24H2,1H3,(H,33,35). The molecule has 0 bridgehead atoms. The second-order valence-corrected chi connectivity index (χ2v) is 9.81. The summed E-state index contributed by atoms with van der Waals surface area (Å²) >= 11 is 0. The number of ether oxygens (including phenoxy) is 1. The highest BCUT2D eigenvalue weighted by atomic mass is 16.5. The molecule has 4 rings (SSSR count). The first-order valence-electron chi connectivity index (χ1n) is 13.6. The zero-order valence-electron chi connectivity index (χ0n) is 21.8. The minimum Gasteiger partial charge on any atom is -0.489 e. The number of rotatable bonds is 11. The van der Waals surface area contributed by atoms with Gasteiger partial charge in [-0.2, -0.15) is 0 Å². The number of carbonyl (C=O) groups is 2. The summed E-state index contributed by atoms with van der Waals surface area (Å²) in [5, 5.41) is 3.00. The summed E-state index contributed by atoms with van der Waals surface area (Å²) in [5.41, 5.74) is 3.89. The van der Waals surface area contributed by atoms with E-state index in [9.17, 15) is 9.59 Å². The molecule has 1 unspecified atom stereocenters. The number of unbranched alkanes of at least 4 members (excludes halogenated alkanes) is 2. The van der Waals surface area contributed by atoms with Gasteiger partial charge in [-0.25, -0.2) is 0 Å². The van der Waals surface area contributed by atoms with E-state index >= 15 is 0 Å². The molecule has 37 heavy (non-hydrogen) atoms. The number of hydrogen-bond acceptors (Lipinski definition) is 3. The molecule has 1 atom stereocenters. The molecule has 0 saturated carbocycles. The van der Waals surface area contributed by atoms with Crippen LogP contribution in [0.15, 0.2) is 78.9 Å². The molecule has 0 aliphatic carbocycles. The predicted molar refractivity (Wildman–Crippen MR) is 147 cm³/mol. The molecule has 5 nitrogen and oxygen atoms in total. The van der Waals surface area contributed by atoms with E-state index in [-0.39, 0.29) is 11.8 Å². The van der Waals surface area contributed by atoms with Crippen molar-refractivity contribution in [3.8, 4) is 5.75 Å². The Morgan fingerprint density at radius 3 is 2.49 bits per heavy atom. The van der Waals surface area contributed by atoms with Crippen LogP contribution in [0.3, 0.4) is 0 Å². The summed E-state index contributed by atoms with van der Waals surface area (Å²) in [6.07, 6.45) is 7.07. The van der Waals surface area contributed by atoms with Gasteiger partial charge in [-0.1, -0.05) is 74.4 Å². The van der Waals surface area contributed by atoms with E-state index in [2.05, 4.69) is 12.2 Å². The van der Waals surface area contributed by atoms with E-state index in [1.807, 2.05) is 78.9 Å². The van der Waals surface area contributed by atoms with Crippen molar-refractivity contribution < 1.29 is 14.3 Å². The van der Waals surface area contributed by atoms with Crippen LogP contribution in [0.2, 0.25) is 0 Å². The normalized spacial score (nSPS) is 15.5. The number of amides is 2. The molecule has 1 aliphatic heterocycles. The molecule has 1 aliphatic rings. The molecule has 194 valence electrons. The zero-order valence-corrected chi connectivity index (χ0v) is 21.8. The lowest BCUT2D eigenvalue weighted by atomic mass is 10.0. The van der Waals surface area contributed by atoms with E-state index in [0.29, 0.717) is 31.7 Å². The second kappa shape index (κ2) is 13.6. The molecule has 1 saturated heterocycles. The number of hydrogen-bond donors (Lipinski definition) is 1. The summed E-state index contributed by atoms with van der Waals surface area (Å²) in [5.74, 6) is 0.562. The third-order valence-electron chi connectivity index (χ3n) is 6.91. The van der Waals surface area contributed by atoms with Crippen LogP contribution in [0.1, 0.15) is 72.5 Å². The first-order valence-corrected chi connectivity index (χ1v) is 13.6. The van der Waals surface area contributed by atoms with Crippen molar-refractivity contribution in [2.75, 3.05) is 6.54 Å². The van der Waals surface area contributed by atoms with Crippen molar-refractivity contribution >= 4 is 11.8 Å². The molecule has 1 fully saturated rings. The summed E-state index contributed by atoms with van der Waals surface area (Å²) in [7, 11) is 0. The van der Waals surface area contributed by atoms with E-state index in [0.717, 1.165) is 42.6 Å². The Kier molecular flexibility index (Phi) is 9.75. The predicted octanol–water partition coefficient (Wildman–Crippen LogP) is 6.31. The van der Waals surface area contributed by atoms with Crippen LogP contribution in [0.25, 0.3) is 0 Å². The molecule has 1 N–H and O–H groups in total. The average molecular weight is 499 g/mol. The van der Waals surface area contributed by atoms with Crippen LogP contribution in [-0.4, -0.2) is 29.3 Å². The van der Waals surface area contributed by atoms with Crippen molar-refractivity contribution in [2.24, 2.45) is 0 Å². The fraction of sp³-hybridized carbons (Fsp3) is 0.375. The summed E-state index contributed by atoms with van der Waals surface area (Å²) < 4.78 is 6.02. The first-order chi connectivity index (χ1) is 18.1. The van der Waals surface area contributed by atoms with Gasteiger partial charge in [0.2, 0.25) is 5.91 Å². The minimum atomic E-state index is -0.492. The zero-order chi connectivity index (χ0) is 25.9. The van der Waals surface area contributed by atoms with Crippen LogP contribution in [0, 0.1) is 0 Å². The van der Waals surface area contributed by atoms with Gasteiger partial charge in [0.25, 0.3) is 5.91 Å². The van der Waals surface area contributed by atoms with Crippen LogP contribution in [0.4, 0.5) is 0 Å². The van der Waals surface area contributed by atoms with Gasteiger partial charge in [0.1, 0.15) is 18.4 Å². The van der Waals surface area contributed by atoms with Gasteiger partial charge in [0.15, 0.2) is 0 Å². The summed E-state index contributed by atoms with van der Waals surface area (Å²) in [6, 6.07) is 25.3. The fourth-order valence-corrected chi connectivity index (χ4v) is 4.77. The van der Waals surface area contributed by atoms with Crippen molar-refractivity contribution in [1.82, 2.24) is 10.2 Å². The van der Waals surface area contributed by atoms with Crippen LogP contribution >= 0.6 is 0 Å². The first kappa shape index (κ1) is 26.5. The van der Waals surface area contributed by atoms with Crippen molar-refractivity contribution in [3.05, 3.63) is 101 Å². The molecule has 3 aromatic rings. The summed E-state index contributed by atoms with van der Waals surface area (Å²) in [6.45, 7) is 3.68. The fourth-order valence-electron chi connectivity index (χ4n) is 4.77. The van der Waals surface area contributed by atoms with Gasteiger partial charge >= 0.3 is 0 Å². The molecule has 0 radical (unpaired) electrons. The lowest BCUT2D eigenvalue weighted by molar-refractivity contribution is -0.125. The van der Waals surface area contributed by atoms with Crippen LogP contribution in [0.5, 0.6) is 5.75 Å². The molecule has 0 spiro atoms. The number of benzene rings is 3. The molecule has 0 aromatic heterocycles. The maximum atomic E-state index is 13.8. The minimum absolute atomic E-state index is 0.0708. The van der Waals surface area contributed by atoms with Crippen LogP contribution < -0.4 is 10.1 Å². The maximum absolute atomic E-state index is 13.8. The Balaban J connectivity index is 1.52. The topological polar surface area (TPSA) is 58.6 Å². The summed E-state index contributed by atoms with van der Waals surface area (Å²) in [4.78, 5) is 28.5. The Morgan fingerprint density at radius 1 is 0.919 bits per heavy atom.